The second-order valence-electron chi connectivity index (χ2n) is 7.43. The number of ether oxygens (including phenoxy) is 2. The summed E-state index contributed by atoms with van der Waals surface area (Å²) in [5.41, 5.74) is 1.35. The molecule has 0 saturated carbocycles. The normalized spacial score (nSPS) is 15.6. The Labute approximate surface area is 188 Å². The lowest BCUT2D eigenvalue weighted by Crippen LogP contribution is -2.33. The summed E-state index contributed by atoms with van der Waals surface area (Å²) in [5.74, 6) is 2.40. The Morgan fingerprint density at radius 1 is 1.16 bits per heavy atom. The molecular formula is C21H19N5O4S2. The first-order valence-electron chi connectivity index (χ1n) is 9.81. The Hall–Kier alpha value is -3.31. The average Bonchev–Trinajstić information content (AvgIpc) is 3.39. The third kappa shape index (κ3) is 3.96. The fraction of sp³-hybridized carbons (Fsp3) is 0.238. The van der Waals surface area contributed by atoms with Crippen LogP contribution < -0.4 is 9.47 Å². The van der Waals surface area contributed by atoms with Gasteiger partial charge in [0.1, 0.15) is 11.5 Å². The summed E-state index contributed by atoms with van der Waals surface area (Å²) in [6, 6.07) is 14.1. The molecule has 1 unspecified atom stereocenters. The molecule has 1 aliphatic rings. The summed E-state index contributed by atoms with van der Waals surface area (Å²) in [5, 5.41) is 8.77. The van der Waals surface area contributed by atoms with Gasteiger partial charge < -0.3 is 9.47 Å². The van der Waals surface area contributed by atoms with Crippen LogP contribution in [0.2, 0.25) is 0 Å². The van der Waals surface area contributed by atoms with Crippen LogP contribution in [-0.2, 0) is 16.4 Å². The predicted molar refractivity (Wildman–Crippen MR) is 119 cm³/mol. The highest BCUT2D eigenvalue weighted by Gasteiger charge is 2.25. The van der Waals surface area contributed by atoms with Crippen LogP contribution >= 0.6 is 11.5 Å². The second-order valence-corrected chi connectivity index (χ2v) is 10.2. The van der Waals surface area contributed by atoms with E-state index in [0.717, 1.165) is 10.6 Å². The number of rotatable bonds is 5. The van der Waals surface area contributed by atoms with Crippen molar-refractivity contribution in [3.05, 3.63) is 54.2 Å². The molecule has 32 heavy (non-hydrogen) atoms. The van der Waals surface area contributed by atoms with Crippen molar-refractivity contribution in [1.82, 2.24) is 24.4 Å². The van der Waals surface area contributed by atoms with Crippen molar-refractivity contribution in [1.29, 1.82) is 0 Å². The van der Waals surface area contributed by atoms with Crippen LogP contribution in [0.4, 0.5) is 0 Å². The zero-order valence-electron chi connectivity index (χ0n) is 17.3. The number of aromatic nitrogens is 5. The summed E-state index contributed by atoms with van der Waals surface area (Å²) in [7, 11) is -3.35. The van der Waals surface area contributed by atoms with Crippen molar-refractivity contribution in [3.63, 3.8) is 0 Å². The molecule has 0 fully saturated rings. The number of sulfone groups is 1. The predicted octanol–water partition coefficient (Wildman–Crippen LogP) is 3.02. The third-order valence-corrected chi connectivity index (χ3v) is 6.92. The lowest BCUT2D eigenvalue weighted by atomic mass is 10.2. The van der Waals surface area contributed by atoms with Crippen molar-refractivity contribution < 1.29 is 17.9 Å². The van der Waals surface area contributed by atoms with Gasteiger partial charge in [0, 0.05) is 11.8 Å². The highest BCUT2D eigenvalue weighted by atomic mass is 32.2. The maximum absolute atomic E-state index is 12.0. The standard InChI is InChI=1S/C21H19N5O4S2/c1-13-19(31-25-23-13)21-22-20(14-6-5-7-16(10-14)32(2,27)28)24-26(21)11-15-12-29-17-8-3-4-9-18(17)30-15/h3-10,15H,11-12H2,1-2H3. The molecular weight excluding hydrogens is 450 g/mol. The summed E-state index contributed by atoms with van der Waals surface area (Å²) < 4.78 is 41.7. The van der Waals surface area contributed by atoms with Gasteiger partial charge in [-0.15, -0.1) is 5.10 Å². The Bertz CT molecular complexity index is 1400. The summed E-state index contributed by atoms with van der Waals surface area (Å²) >= 11 is 1.23. The van der Waals surface area contributed by atoms with E-state index in [9.17, 15) is 8.42 Å². The van der Waals surface area contributed by atoms with Crippen LogP contribution in [0.25, 0.3) is 22.1 Å². The number of fused-ring (bicyclic) bond motifs is 1. The van der Waals surface area contributed by atoms with Crippen LogP contribution in [0.3, 0.4) is 0 Å². The number of benzene rings is 2. The number of para-hydroxylation sites is 2. The minimum Gasteiger partial charge on any atom is -0.486 e. The first-order chi connectivity index (χ1) is 15.4. The minimum atomic E-state index is -3.35. The van der Waals surface area contributed by atoms with E-state index in [0.29, 0.717) is 41.9 Å². The molecule has 9 nitrogen and oxygen atoms in total. The Morgan fingerprint density at radius 3 is 2.72 bits per heavy atom. The van der Waals surface area contributed by atoms with Crippen LogP contribution in [0.15, 0.2) is 53.4 Å². The van der Waals surface area contributed by atoms with E-state index in [1.807, 2.05) is 31.2 Å². The molecule has 0 saturated heterocycles. The lowest BCUT2D eigenvalue weighted by molar-refractivity contribution is 0.0763. The SMILES string of the molecule is Cc1nnsc1-c1nc(-c2cccc(S(C)(=O)=O)c2)nn1CC1COc2ccccc2O1. The molecule has 0 N–H and O–H groups in total. The molecule has 1 atom stereocenters. The van der Waals surface area contributed by atoms with Gasteiger partial charge in [0.05, 0.1) is 17.1 Å². The fourth-order valence-electron chi connectivity index (χ4n) is 3.41. The van der Waals surface area contributed by atoms with E-state index < -0.39 is 9.84 Å². The van der Waals surface area contributed by atoms with Crippen molar-refractivity contribution in [2.45, 2.75) is 24.5 Å². The van der Waals surface area contributed by atoms with Gasteiger partial charge in [-0.2, -0.15) is 5.10 Å². The van der Waals surface area contributed by atoms with Gasteiger partial charge in [-0.1, -0.05) is 28.8 Å². The summed E-state index contributed by atoms with van der Waals surface area (Å²) in [4.78, 5) is 5.71. The van der Waals surface area contributed by atoms with Crippen LogP contribution in [0.5, 0.6) is 11.5 Å². The molecule has 0 bridgehead atoms. The zero-order valence-corrected chi connectivity index (χ0v) is 18.9. The van der Waals surface area contributed by atoms with Gasteiger partial charge in [-0.05, 0) is 42.7 Å². The summed E-state index contributed by atoms with van der Waals surface area (Å²) in [6.45, 7) is 2.62. The van der Waals surface area contributed by atoms with Crippen molar-refractivity contribution in [2.75, 3.05) is 12.9 Å². The largest absolute Gasteiger partial charge is 0.486 e. The van der Waals surface area contributed by atoms with Gasteiger partial charge in [-0.3, -0.25) is 0 Å². The zero-order chi connectivity index (χ0) is 22.3. The molecule has 1 aliphatic heterocycles. The van der Waals surface area contributed by atoms with Gasteiger partial charge in [0.25, 0.3) is 0 Å². The topological polar surface area (TPSA) is 109 Å². The minimum absolute atomic E-state index is 0.212. The van der Waals surface area contributed by atoms with Gasteiger partial charge >= 0.3 is 0 Å². The van der Waals surface area contributed by atoms with Gasteiger partial charge in [0.15, 0.2) is 39.1 Å². The molecule has 3 heterocycles. The number of hydrogen-bond donors (Lipinski definition) is 0. The molecule has 5 rings (SSSR count). The molecule has 164 valence electrons. The van der Waals surface area contributed by atoms with E-state index in [1.54, 1.807) is 28.9 Å². The Kier molecular flexibility index (Phi) is 5.14. The van der Waals surface area contributed by atoms with Crippen molar-refractivity contribution in [3.8, 4) is 33.6 Å². The maximum Gasteiger partial charge on any atom is 0.181 e. The quantitative estimate of drug-likeness (QED) is 0.439. The third-order valence-electron chi connectivity index (χ3n) is 4.99. The monoisotopic (exact) mass is 469 g/mol. The lowest BCUT2D eigenvalue weighted by Gasteiger charge is -2.26. The molecule has 0 amide bonds. The average molecular weight is 470 g/mol. The molecule has 0 radical (unpaired) electrons. The van der Waals surface area contributed by atoms with E-state index in [4.69, 9.17) is 14.5 Å². The van der Waals surface area contributed by atoms with Gasteiger partial charge in [-0.25, -0.2) is 18.1 Å². The molecule has 0 aliphatic carbocycles. The second kappa shape index (κ2) is 7.99. The molecule has 11 heteroatoms. The maximum atomic E-state index is 12.0. The van der Waals surface area contributed by atoms with E-state index in [1.165, 1.54) is 17.8 Å². The highest BCUT2D eigenvalue weighted by Crippen LogP contribution is 2.32. The van der Waals surface area contributed by atoms with Crippen LogP contribution in [0.1, 0.15) is 5.69 Å². The van der Waals surface area contributed by atoms with E-state index in [2.05, 4.69) is 14.7 Å². The van der Waals surface area contributed by atoms with E-state index in [-0.39, 0.29) is 11.0 Å². The fourth-order valence-corrected chi connectivity index (χ4v) is 4.73. The van der Waals surface area contributed by atoms with E-state index >= 15 is 0 Å². The van der Waals surface area contributed by atoms with Gasteiger partial charge in [0.2, 0.25) is 0 Å². The first-order valence-corrected chi connectivity index (χ1v) is 12.5. The molecule has 2 aromatic carbocycles. The molecule has 2 aromatic heterocycles. The van der Waals surface area contributed by atoms with Crippen LogP contribution in [0, 0.1) is 6.92 Å². The first kappa shape index (κ1) is 20.6. The number of hydrogen-bond acceptors (Lipinski definition) is 9. The van der Waals surface area contributed by atoms with Crippen LogP contribution in [-0.4, -0.2) is 51.7 Å². The highest BCUT2D eigenvalue weighted by molar-refractivity contribution is 7.90. The Balaban J connectivity index is 1.53. The summed E-state index contributed by atoms with van der Waals surface area (Å²) in [6.07, 6.45) is 0.899. The number of nitrogens with zero attached hydrogens (tertiary/aromatic N) is 5. The van der Waals surface area contributed by atoms with Crippen molar-refractivity contribution in [2.24, 2.45) is 0 Å². The molecule has 0 spiro atoms. The molecule has 4 aromatic rings. The van der Waals surface area contributed by atoms with Crippen molar-refractivity contribution >= 4 is 21.4 Å². The Morgan fingerprint density at radius 2 is 1.97 bits per heavy atom. The number of aryl methyl sites for hydroxylation is 1. The smallest absolute Gasteiger partial charge is 0.181 e.